The largest absolute Gasteiger partial charge is 0.480 e. The molecule has 0 bridgehead atoms. The Labute approximate surface area is 226 Å². The second kappa shape index (κ2) is 10.3. The predicted molar refractivity (Wildman–Crippen MR) is 142 cm³/mol. The third kappa shape index (κ3) is 5.74. The van der Waals surface area contributed by atoms with Crippen LogP contribution >= 0.6 is 0 Å². The van der Waals surface area contributed by atoms with Crippen LogP contribution in [0.5, 0.6) is 5.88 Å². The second-order valence-electron chi connectivity index (χ2n) is 9.02. The van der Waals surface area contributed by atoms with E-state index in [2.05, 4.69) is 36.9 Å². The van der Waals surface area contributed by atoms with Crippen molar-refractivity contribution in [1.29, 1.82) is 0 Å². The van der Waals surface area contributed by atoms with E-state index in [1.54, 1.807) is 22.8 Å². The van der Waals surface area contributed by atoms with E-state index in [-0.39, 0.29) is 17.5 Å². The first kappa shape index (κ1) is 26.6. The van der Waals surface area contributed by atoms with Crippen molar-refractivity contribution >= 4 is 37.1 Å². The molecule has 1 aliphatic rings. The summed E-state index contributed by atoms with van der Waals surface area (Å²) in [7, 11) is 8.84. The molecule has 194 valence electrons. The number of nitrogens with one attached hydrogen (secondary N) is 2. The molecule has 14 heteroatoms. The van der Waals surface area contributed by atoms with Crippen molar-refractivity contribution in [2.45, 2.75) is 23.1 Å². The normalized spacial score (nSPS) is 16.8. The van der Waals surface area contributed by atoms with E-state index in [0.29, 0.717) is 41.6 Å². The van der Waals surface area contributed by atoms with Crippen molar-refractivity contribution in [2.24, 2.45) is 5.92 Å². The highest BCUT2D eigenvalue weighted by atomic mass is 32.2. The number of halogens is 2. The third-order valence-electron chi connectivity index (χ3n) is 6.07. The van der Waals surface area contributed by atoms with Gasteiger partial charge in [0.05, 0.1) is 34.7 Å². The Morgan fingerprint density at radius 3 is 2.74 bits per heavy atom. The summed E-state index contributed by atoms with van der Waals surface area (Å²) in [5, 5.41) is 6.68. The number of anilines is 1. The number of pyridine rings is 1. The van der Waals surface area contributed by atoms with Gasteiger partial charge in [-0.1, -0.05) is 11.3 Å². The molecule has 4 radical (unpaired) electrons. The number of imidazole rings is 1. The van der Waals surface area contributed by atoms with Gasteiger partial charge in [0.1, 0.15) is 27.9 Å². The Morgan fingerprint density at radius 2 is 2.00 bits per heavy atom. The van der Waals surface area contributed by atoms with E-state index in [4.69, 9.17) is 20.4 Å². The molecule has 0 aliphatic carbocycles. The number of aromatic nitrogens is 4. The molecule has 2 N–H and O–H groups in total. The van der Waals surface area contributed by atoms with E-state index >= 15 is 0 Å². The van der Waals surface area contributed by atoms with Crippen LogP contribution in [0.25, 0.3) is 16.9 Å². The van der Waals surface area contributed by atoms with E-state index in [9.17, 15) is 17.2 Å². The second-order valence-corrected chi connectivity index (χ2v) is 10.7. The van der Waals surface area contributed by atoms with Crippen LogP contribution < -0.4 is 14.8 Å². The number of ether oxygens (including phenoxy) is 1. The molecule has 3 aromatic heterocycles. The van der Waals surface area contributed by atoms with Crippen LogP contribution in [0.2, 0.25) is 0 Å². The minimum atomic E-state index is -4.44. The number of nitrogens with zero attached hydrogens (tertiary/aromatic N) is 4. The van der Waals surface area contributed by atoms with E-state index in [1.807, 2.05) is 0 Å². The molecule has 0 spiro atoms. The molecule has 4 heterocycles. The summed E-state index contributed by atoms with van der Waals surface area (Å²) in [5.41, 5.74) is 1.88. The SMILES string of the molecule is [B]C1([B])CC(C#Cc2cnc3ccc(-c4cnc(OC)c(NS(=O)(=O)c5ccc(F)cc5F)c4)nn23)CCN1. The highest BCUT2D eigenvalue weighted by molar-refractivity contribution is 7.92. The number of hydrogen-bond acceptors (Lipinski definition) is 7. The number of sulfonamides is 1. The van der Waals surface area contributed by atoms with Gasteiger partial charge in [0.15, 0.2) is 5.65 Å². The first-order valence-corrected chi connectivity index (χ1v) is 13.2. The number of methoxy groups -OCH3 is 1. The lowest BCUT2D eigenvalue weighted by Crippen LogP contribution is -2.51. The van der Waals surface area contributed by atoms with Gasteiger partial charge in [0, 0.05) is 23.7 Å². The van der Waals surface area contributed by atoms with Crippen LogP contribution in [0, 0.1) is 29.4 Å². The minimum absolute atomic E-state index is 0.00213. The zero-order valence-electron chi connectivity index (χ0n) is 20.6. The lowest BCUT2D eigenvalue weighted by Gasteiger charge is -2.35. The Bertz CT molecular complexity index is 1740. The first-order valence-electron chi connectivity index (χ1n) is 11.8. The Hall–Kier alpha value is -3.95. The van der Waals surface area contributed by atoms with E-state index < -0.39 is 31.9 Å². The molecule has 1 unspecified atom stereocenters. The van der Waals surface area contributed by atoms with Crippen LogP contribution in [0.1, 0.15) is 18.5 Å². The first-order chi connectivity index (χ1) is 18.5. The molecule has 1 fully saturated rings. The molecule has 0 amide bonds. The zero-order valence-corrected chi connectivity index (χ0v) is 21.5. The van der Waals surface area contributed by atoms with Crippen molar-refractivity contribution in [3.63, 3.8) is 0 Å². The molecule has 1 saturated heterocycles. The van der Waals surface area contributed by atoms with Gasteiger partial charge >= 0.3 is 0 Å². The standard InChI is InChI=1S/C25H20B2F2N6O3S/c1-38-24-21(34-39(36,37)22-6-3-17(28)11-19(22)29)10-16(13-31-24)20-5-7-23-30-14-18(35(23)33-20)4-2-15-8-9-32-25(26,27)12-15/h3,5-7,10-11,13-15,32,34H,8-9,12H2,1H3. The summed E-state index contributed by atoms with van der Waals surface area (Å²) >= 11 is 0. The summed E-state index contributed by atoms with van der Waals surface area (Å²) in [6, 6.07) is 7.02. The Kier molecular flexibility index (Phi) is 7.05. The average Bonchev–Trinajstić information content (AvgIpc) is 3.28. The van der Waals surface area contributed by atoms with Gasteiger partial charge in [0.25, 0.3) is 10.0 Å². The van der Waals surface area contributed by atoms with Gasteiger partial charge in [-0.3, -0.25) is 4.72 Å². The van der Waals surface area contributed by atoms with Crippen molar-refractivity contribution in [3.05, 3.63) is 66.1 Å². The maximum Gasteiger partial charge on any atom is 0.264 e. The maximum absolute atomic E-state index is 14.2. The minimum Gasteiger partial charge on any atom is -0.480 e. The van der Waals surface area contributed by atoms with Gasteiger partial charge in [-0.25, -0.2) is 31.7 Å². The monoisotopic (exact) mass is 544 g/mol. The Morgan fingerprint density at radius 1 is 1.18 bits per heavy atom. The molecule has 39 heavy (non-hydrogen) atoms. The molecule has 1 aliphatic heterocycles. The van der Waals surface area contributed by atoms with Gasteiger partial charge in [0.2, 0.25) is 5.88 Å². The fraction of sp³-hybridized carbons (Fsp3) is 0.240. The molecular weight excluding hydrogens is 524 g/mol. The lowest BCUT2D eigenvalue weighted by atomic mass is 9.56. The lowest BCUT2D eigenvalue weighted by molar-refractivity contribution is 0.388. The van der Waals surface area contributed by atoms with Gasteiger partial charge in [-0.05, 0) is 55.6 Å². The summed E-state index contributed by atoms with van der Waals surface area (Å²) in [6.07, 6.45) is 4.34. The van der Waals surface area contributed by atoms with Gasteiger partial charge < -0.3 is 10.1 Å². The third-order valence-corrected chi connectivity index (χ3v) is 7.46. The topological polar surface area (TPSA) is 111 Å². The average molecular weight is 544 g/mol. The maximum atomic E-state index is 14.2. The van der Waals surface area contributed by atoms with Crippen molar-refractivity contribution < 1.29 is 21.9 Å². The summed E-state index contributed by atoms with van der Waals surface area (Å²) in [5.74, 6) is 4.10. The van der Waals surface area contributed by atoms with Crippen LogP contribution in [-0.2, 0) is 10.0 Å². The predicted octanol–water partition coefficient (Wildman–Crippen LogP) is 2.22. The van der Waals surface area contributed by atoms with Crippen molar-refractivity contribution in [1.82, 2.24) is 24.9 Å². The van der Waals surface area contributed by atoms with E-state index in [1.165, 1.54) is 19.4 Å². The Balaban J connectivity index is 1.47. The summed E-state index contributed by atoms with van der Waals surface area (Å²) in [6.45, 7) is 0.659. The number of hydrogen-bond donors (Lipinski definition) is 2. The molecular formula is C25H20B2F2N6O3S. The summed E-state index contributed by atoms with van der Waals surface area (Å²) in [4.78, 5) is 7.77. The van der Waals surface area contributed by atoms with Gasteiger partial charge in [-0.2, -0.15) is 5.10 Å². The van der Waals surface area contributed by atoms with Crippen LogP contribution in [0.15, 0.2) is 53.7 Å². The number of piperidine rings is 1. The highest BCUT2D eigenvalue weighted by Crippen LogP contribution is 2.30. The smallest absolute Gasteiger partial charge is 0.264 e. The highest BCUT2D eigenvalue weighted by Gasteiger charge is 2.25. The molecule has 1 atom stereocenters. The van der Waals surface area contributed by atoms with Crippen LogP contribution in [-0.4, -0.2) is 62.7 Å². The molecule has 9 nitrogen and oxygen atoms in total. The van der Waals surface area contributed by atoms with Crippen LogP contribution in [0.4, 0.5) is 14.5 Å². The molecule has 5 rings (SSSR count). The molecule has 0 saturated carbocycles. The van der Waals surface area contributed by atoms with E-state index in [0.717, 1.165) is 18.6 Å². The fourth-order valence-electron chi connectivity index (χ4n) is 4.19. The quantitative estimate of drug-likeness (QED) is 0.293. The fourth-order valence-corrected chi connectivity index (χ4v) is 5.30. The molecule has 4 aromatic rings. The van der Waals surface area contributed by atoms with Gasteiger partial charge in [-0.15, -0.1) is 0 Å². The number of benzene rings is 1. The van der Waals surface area contributed by atoms with Crippen LogP contribution in [0.3, 0.4) is 0 Å². The van der Waals surface area contributed by atoms with Crippen molar-refractivity contribution in [2.75, 3.05) is 18.4 Å². The zero-order chi connectivity index (χ0) is 27.8. The van der Waals surface area contributed by atoms with Crippen molar-refractivity contribution in [3.8, 4) is 29.0 Å². The molecule has 1 aromatic carbocycles. The number of fused-ring (bicyclic) bond motifs is 1. The summed E-state index contributed by atoms with van der Waals surface area (Å²) < 4.78 is 62.2. The number of rotatable bonds is 5.